The average Bonchev–Trinajstić information content (AvgIpc) is 2.15. The van der Waals surface area contributed by atoms with E-state index in [1.165, 1.54) is 32.1 Å². The van der Waals surface area contributed by atoms with Crippen molar-refractivity contribution in [2.45, 2.75) is 77.9 Å². The quantitative estimate of drug-likeness (QED) is 0.814. The van der Waals surface area contributed by atoms with Gasteiger partial charge in [-0.3, -0.25) is 0 Å². The van der Waals surface area contributed by atoms with Crippen LogP contribution >= 0.6 is 0 Å². The van der Waals surface area contributed by atoms with Crippen LogP contribution in [0.3, 0.4) is 0 Å². The summed E-state index contributed by atoms with van der Waals surface area (Å²) in [6.07, 6.45) is 7.51. The molecule has 17 heavy (non-hydrogen) atoms. The smallest absolute Gasteiger partial charge is 0.407 e. The van der Waals surface area contributed by atoms with Gasteiger partial charge >= 0.3 is 6.09 Å². The lowest BCUT2D eigenvalue weighted by molar-refractivity contribution is 0.0500. The third-order valence-corrected chi connectivity index (χ3v) is 3.17. The van der Waals surface area contributed by atoms with E-state index in [0.29, 0.717) is 0 Å². The highest BCUT2D eigenvalue weighted by Crippen LogP contribution is 2.27. The molecule has 0 aromatic rings. The zero-order chi connectivity index (χ0) is 12.9. The number of nitrogens with one attached hydrogen (secondary N) is 1. The van der Waals surface area contributed by atoms with Crippen LogP contribution in [0, 0.1) is 5.92 Å². The number of carbonyl (C=O) groups is 1. The minimum absolute atomic E-state index is 0.216. The summed E-state index contributed by atoms with van der Waals surface area (Å²) in [4.78, 5) is 11.6. The van der Waals surface area contributed by atoms with Gasteiger partial charge in [-0.1, -0.05) is 32.1 Å². The van der Waals surface area contributed by atoms with Gasteiger partial charge in [0.1, 0.15) is 5.60 Å². The molecule has 1 aliphatic rings. The van der Waals surface area contributed by atoms with Crippen molar-refractivity contribution in [1.29, 1.82) is 0 Å². The maximum Gasteiger partial charge on any atom is 0.407 e. The first kappa shape index (κ1) is 14.3. The molecule has 0 radical (unpaired) electrons. The van der Waals surface area contributed by atoms with E-state index in [-0.39, 0.29) is 12.1 Å². The summed E-state index contributed by atoms with van der Waals surface area (Å²) in [5.41, 5.74) is -0.408. The Morgan fingerprint density at radius 1 is 1.29 bits per heavy atom. The minimum atomic E-state index is -0.408. The number of hydrogen-bond donors (Lipinski definition) is 1. The molecule has 1 atom stereocenters. The largest absolute Gasteiger partial charge is 0.444 e. The van der Waals surface area contributed by atoms with Crippen LogP contribution in [0.1, 0.15) is 66.2 Å². The molecule has 0 aromatic carbocycles. The molecule has 3 nitrogen and oxygen atoms in total. The van der Waals surface area contributed by atoms with Crippen LogP contribution in [0.25, 0.3) is 0 Å². The summed E-state index contributed by atoms with van der Waals surface area (Å²) in [6.45, 7) is 7.73. The van der Waals surface area contributed by atoms with Crippen molar-refractivity contribution in [2.75, 3.05) is 0 Å². The fourth-order valence-electron chi connectivity index (χ4n) is 2.49. The molecule has 0 bridgehead atoms. The van der Waals surface area contributed by atoms with Crippen molar-refractivity contribution >= 4 is 6.09 Å². The van der Waals surface area contributed by atoms with Gasteiger partial charge in [-0.25, -0.2) is 4.79 Å². The first-order valence-corrected chi connectivity index (χ1v) is 6.86. The van der Waals surface area contributed by atoms with Crippen LogP contribution in [0.2, 0.25) is 0 Å². The van der Waals surface area contributed by atoms with E-state index in [0.717, 1.165) is 12.3 Å². The molecular formula is C14H27NO2. The van der Waals surface area contributed by atoms with Crippen molar-refractivity contribution < 1.29 is 9.53 Å². The molecule has 1 aliphatic carbocycles. The zero-order valence-electron chi connectivity index (χ0n) is 11.7. The van der Waals surface area contributed by atoms with Crippen molar-refractivity contribution in [3.63, 3.8) is 0 Å². The summed E-state index contributed by atoms with van der Waals surface area (Å²) < 4.78 is 5.25. The lowest BCUT2D eigenvalue weighted by Crippen LogP contribution is -2.38. The number of ether oxygens (including phenoxy) is 1. The molecule has 0 spiro atoms. The highest BCUT2D eigenvalue weighted by atomic mass is 16.6. The molecule has 1 unspecified atom stereocenters. The van der Waals surface area contributed by atoms with Crippen LogP contribution in [0.5, 0.6) is 0 Å². The average molecular weight is 241 g/mol. The monoisotopic (exact) mass is 241 g/mol. The Hall–Kier alpha value is -0.730. The second-order valence-electron chi connectivity index (χ2n) is 6.29. The molecule has 0 heterocycles. The first-order valence-electron chi connectivity index (χ1n) is 6.86. The Labute approximate surface area is 105 Å². The van der Waals surface area contributed by atoms with Crippen molar-refractivity contribution in [3.8, 4) is 0 Å². The van der Waals surface area contributed by atoms with E-state index in [1.54, 1.807) is 0 Å². The summed E-state index contributed by atoms with van der Waals surface area (Å²) >= 11 is 0. The van der Waals surface area contributed by atoms with Gasteiger partial charge in [0.2, 0.25) is 0 Å². The SMILES string of the molecule is CC(CC1CCCCC1)NC(=O)OC(C)(C)C. The number of amides is 1. The van der Waals surface area contributed by atoms with Gasteiger partial charge in [-0.15, -0.1) is 0 Å². The Kier molecular flexibility index (Phi) is 5.29. The lowest BCUT2D eigenvalue weighted by atomic mass is 9.85. The van der Waals surface area contributed by atoms with Gasteiger partial charge in [-0.2, -0.15) is 0 Å². The second-order valence-corrected chi connectivity index (χ2v) is 6.29. The number of alkyl carbamates (subject to hydrolysis) is 1. The number of carbonyl (C=O) groups excluding carboxylic acids is 1. The third-order valence-electron chi connectivity index (χ3n) is 3.17. The van der Waals surface area contributed by atoms with Crippen LogP contribution < -0.4 is 5.32 Å². The highest BCUT2D eigenvalue weighted by Gasteiger charge is 2.20. The molecule has 0 aliphatic heterocycles. The van der Waals surface area contributed by atoms with E-state index < -0.39 is 5.60 Å². The van der Waals surface area contributed by atoms with Gasteiger partial charge < -0.3 is 10.1 Å². The Bertz CT molecular complexity index is 239. The zero-order valence-corrected chi connectivity index (χ0v) is 11.7. The number of rotatable bonds is 3. The topological polar surface area (TPSA) is 38.3 Å². The fourth-order valence-corrected chi connectivity index (χ4v) is 2.49. The van der Waals surface area contributed by atoms with Gasteiger partial charge in [0, 0.05) is 6.04 Å². The van der Waals surface area contributed by atoms with Crippen LogP contribution in [-0.2, 0) is 4.74 Å². The predicted octanol–water partition coefficient (Wildman–Crippen LogP) is 3.87. The van der Waals surface area contributed by atoms with E-state index in [4.69, 9.17) is 4.74 Å². The second kappa shape index (κ2) is 6.27. The molecule has 1 rings (SSSR count). The van der Waals surface area contributed by atoms with E-state index in [2.05, 4.69) is 12.2 Å². The number of hydrogen-bond acceptors (Lipinski definition) is 2. The van der Waals surface area contributed by atoms with E-state index in [1.807, 2.05) is 20.8 Å². The molecule has 3 heteroatoms. The minimum Gasteiger partial charge on any atom is -0.444 e. The Balaban J connectivity index is 2.23. The van der Waals surface area contributed by atoms with Gasteiger partial charge in [0.05, 0.1) is 0 Å². The maximum absolute atomic E-state index is 11.6. The fraction of sp³-hybridized carbons (Fsp3) is 0.929. The highest BCUT2D eigenvalue weighted by molar-refractivity contribution is 5.67. The normalized spacial score (nSPS) is 19.8. The summed E-state index contributed by atoms with van der Waals surface area (Å²) in [6, 6.07) is 0.216. The third kappa shape index (κ3) is 6.54. The Morgan fingerprint density at radius 3 is 2.41 bits per heavy atom. The molecule has 1 saturated carbocycles. The maximum atomic E-state index is 11.6. The van der Waals surface area contributed by atoms with Crippen LogP contribution in [0.4, 0.5) is 4.79 Å². The summed E-state index contributed by atoms with van der Waals surface area (Å²) in [5.74, 6) is 0.786. The van der Waals surface area contributed by atoms with Gasteiger partial charge in [-0.05, 0) is 40.0 Å². The molecular weight excluding hydrogens is 214 g/mol. The van der Waals surface area contributed by atoms with Crippen molar-refractivity contribution in [3.05, 3.63) is 0 Å². The molecule has 0 saturated heterocycles. The summed E-state index contributed by atoms with van der Waals surface area (Å²) in [7, 11) is 0. The van der Waals surface area contributed by atoms with Crippen molar-refractivity contribution in [1.82, 2.24) is 5.32 Å². The van der Waals surface area contributed by atoms with Crippen LogP contribution in [0.15, 0.2) is 0 Å². The van der Waals surface area contributed by atoms with E-state index >= 15 is 0 Å². The van der Waals surface area contributed by atoms with Gasteiger partial charge in [0.15, 0.2) is 0 Å². The predicted molar refractivity (Wildman–Crippen MR) is 70.0 cm³/mol. The van der Waals surface area contributed by atoms with Crippen LogP contribution in [-0.4, -0.2) is 17.7 Å². The van der Waals surface area contributed by atoms with E-state index in [9.17, 15) is 4.79 Å². The molecule has 100 valence electrons. The molecule has 1 N–H and O–H groups in total. The molecule has 0 aromatic heterocycles. The van der Waals surface area contributed by atoms with Crippen molar-refractivity contribution in [2.24, 2.45) is 5.92 Å². The first-order chi connectivity index (χ1) is 7.87. The standard InChI is InChI=1S/C14H27NO2/c1-11(10-12-8-6-5-7-9-12)15-13(16)17-14(2,3)4/h11-12H,5-10H2,1-4H3,(H,15,16). The summed E-state index contributed by atoms with van der Waals surface area (Å²) in [5, 5.41) is 2.92. The Morgan fingerprint density at radius 2 is 1.88 bits per heavy atom. The van der Waals surface area contributed by atoms with Gasteiger partial charge in [0.25, 0.3) is 0 Å². The molecule has 1 amide bonds. The molecule has 1 fully saturated rings. The lowest BCUT2D eigenvalue weighted by Gasteiger charge is -2.26.